The van der Waals surface area contributed by atoms with E-state index >= 15 is 0 Å². The number of benzene rings is 2. The van der Waals surface area contributed by atoms with E-state index in [1.165, 1.54) is 11.3 Å². The highest BCUT2D eigenvalue weighted by molar-refractivity contribution is 7.14. The third-order valence-electron chi connectivity index (χ3n) is 6.49. The number of carbonyl (C=O) groups is 2. The van der Waals surface area contributed by atoms with Gasteiger partial charge in [0.15, 0.2) is 5.13 Å². The van der Waals surface area contributed by atoms with Gasteiger partial charge in [0, 0.05) is 28.7 Å². The van der Waals surface area contributed by atoms with E-state index < -0.39 is 5.41 Å². The second-order valence-electron chi connectivity index (χ2n) is 9.28. The molecule has 5 rings (SSSR count). The zero-order valence-electron chi connectivity index (χ0n) is 20.5. The first-order chi connectivity index (χ1) is 17.9. The SMILES string of the molecule is C[C@@]1(C#N)COCc2ccc(C(=O)NCC(=O)Nc3nc(-c4cccc(N5CCCOC5)c4)cs3)cc21. The van der Waals surface area contributed by atoms with Gasteiger partial charge in [-0.1, -0.05) is 18.2 Å². The van der Waals surface area contributed by atoms with Crippen LogP contribution in [0.5, 0.6) is 0 Å². The van der Waals surface area contributed by atoms with Crippen LogP contribution >= 0.6 is 11.3 Å². The number of anilines is 2. The number of carbonyl (C=O) groups excluding carboxylic acids is 2. The summed E-state index contributed by atoms with van der Waals surface area (Å²) in [5.74, 6) is -0.759. The molecule has 3 aromatic rings. The van der Waals surface area contributed by atoms with Gasteiger partial charge < -0.3 is 25.0 Å². The third kappa shape index (κ3) is 5.49. The Labute approximate surface area is 219 Å². The molecule has 0 saturated carbocycles. The van der Waals surface area contributed by atoms with Crippen LogP contribution < -0.4 is 15.5 Å². The number of fused-ring (bicyclic) bond motifs is 1. The second-order valence-corrected chi connectivity index (χ2v) is 10.1. The Bertz CT molecular complexity index is 1360. The summed E-state index contributed by atoms with van der Waals surface area (Å²) in [6.45, 7) is 4.58. The highest BCUT2D eigenvalue weighted by Crippen LogP contribution is 2.32. The van der Waals surface area contributed by atoms with E-state index in [0.717, 1.165) is 47.6 Å². The van der Waals surface area contributed by atoms with Crippen LogP contribution in [-0.4, -0.2) is 49.8 Å². The molecule has 2 amide bonds. The number of rotatable bonds is 6. The summed E-state index contributed by atoms with van der Waals surface area (Å²) in [6.07, 6.45) is 0.994. The van der Waals surface area contributed by atoms with Gasteiger partial charge in [-0.2, -0.15) is 5.26 Å². The fourth-order valence-electron chi connectivity index (χ4n) is 4.44. The number of hydrogen-bond donors (Lipinski definition) is 2. The Morgan fingerprint density at radius 1 is 1.24 bits per heavy atom. The second kappa shape index (κ2) is 10.7. The molecule has 2 N–H and O–H groups in total. The monoisotopic (exact) mass is 517 g/mol. The summed E-state index contributed by atoms with van der Waals surface area (Å²) < 4.78 is 11.1. The normalized spacial score (nSPS) is 19.0. The summed E-state index contributed by atoms with van der Waals surface area (Å²) in [7, 11) is 0. The topological polar surface area (TPSA) is 117 Å². The van der Waals surface area contributed by atoms with Gasteiger partial charge in [-0.15, -0.1) is 11.3 Å². The summed E-state index contributed by atoms with van der Waals surface area (Å²) in [5, 5.41) is 17.3. The van der Waals surface area contributed by atoms with E-state index in [1.807, 2.05) is 23.6 Å². The third-order valence-corrected chi connectivity index (χ3v) is 7.25. The molecule has 1 saturated heterocycles. The highest BCUT2D eigenvalue weighted by atomic mass is 32.1. The first-order valence-electron chi connectivity index (χ1n) is 12.0. The molecule has 37 heavy (non-hydrogen) atoms. The molecule has 2 aliphatic heterocycles. The van der Waals surface area contributed by atoms with E-state index in [2.05, 4.69) is 32.7 Å². The smallest absolute Gasteiger partial charge is 0.251 e. The molecule has 0 aliphatic carbocycles. The molecule has 0 radical (unpaired) electrons. The van der Waals surface area contributed by atoms with Gasteiger partial charge in [0.25, 0.3) is 5.91 Å². The highest BCUT2D eigenvalue weighted by Gasteiger charge is 2.33. The first kappa shape index (κ1) is 24.9. The minimum Gasteiger partial charge on any atom is -0.375 e. The van der Waals surface area contributed by atoms with Crippen molar-refractivity contribution in [3.63, 3.8) is 0 Å². The first-order valence-corrected chi connectivity index (χ1v) is 12.9. The van der Waals surface area contributed by atoms with Gasteiger partial charge in [-0.3, -0.25) is 9.59 Å². The van der Waals surface area contributed by atoms with Crippen molar-refractivity contribution in [1.82, 2.24) is 10.3 Å². The lowest BCUT2D eigenvalue weighted by Gasteiger charge is -2.30. The Morgan fingerprint density at radius 3 is 2.95 bits per heavy atom. The summed E-state index contributed by atoms with van der Waals surface area (Å²) >= 11 is 1.33. The van der Waals surface area contributed by atoms with Crippen LogP contribution in [0.25, 0.3) is 11.3 Å². The summed E-state index contributed by atoms with van der Waals surface area (Å²) in [4.78, 5) is 31.9. The Hall–Kier alpha value is -3.78. The van der Waals surface area contributed by atoms with Gasteiger partial charge in [-0.25, -0.2) is 4.98 Å². The maximum Gasteiger partial charge on any atom is 0.251 e. The summed E-state index contributed by atoms with van der Waals surface area (Å²) in [6, 6.07) is 15.5. The maximum absolute atomic E-state index is 12.7. The predicted molar refractivity (Wildman–Crippen MR) is 140 cm³/mol. The Kier molecular flexibility index (Phi) is 7.19. The predicted octanol–water partition coefficient (Wildman–Crippen LogP) is 3.67. The van der Waals surface area contributed by atoms with Crippen molar-refractivity contribution >= 4 is 34.0 Å². The maximum atomic E-state index is 12.7. The van der Waals surface area contributed by atoms with E-state index in [1.54, 1.807) is 25.1 Å². The van der Waals surface area contributed by atoms with Gasteiger partial charge in [0.1, 0.15) is 12.1 Å². The Morgan fingerprint density at radius 2 is 2.14 bits per heavy atom. The number of aromatic nitrogens is 1. The zero-order chi connectivity index (χ0) is 25.8. The van der Waals surface area contributed by atoms with Crippen LogP contribution in [0, 0.1) is 11.3 Å². The molecule has 3 heterocycles. The molecule has 2 aromatic carbocycles. The molecule has 1 atom stereocenters. The van der Waals surface area contributed by atoms with Crippen molar-refractivity contribution in [1.29, 1.82) is 5.26 Å². The van der Waals surface area contributed by atoms with Crippen molar-refractivity contribution < 1.29 is 19.1 Å². The van der Waals surface area contributed by atoms with Crippen LogP contribution in [0.3, 0.4) is 0 Å². The van der Waals surface area contributed by atoms with Crippen molar-refractivity contribution in [2.75, 3.05) is 43.3 Å². The minimum atomic E-state index is -0.815. The van der Waals surface area contributed by atoms with E-state index in [-0.39, 0.29) is 25.0 Å². The molecule has 10 heteroatoms. The van der Waals surface area contributed by atoms with Crippen LogP contribution in [0.4, 0.5) is 10.8 Å². The Balaban J connectivity index is 1.19. The average Bonchev–Trinajstić information content (AvgIpc) is 3.41. The molecule has 0 unspecified atom stereocenters. The van der Waals surface area contributed by atoms with E-state index in [0.29, 0.717) is 24.0 Å². The fourth-order valence-corrected chi connectivity index (χ4v) is 5.18. The van der Waals surface area contributed by atoms with Gasteiger partial charge >= 0.3 is 0 Å². The lowest BCUT2D eigenvalue weighted by Crippen LogP contribution is -2.34. The molecule has 9 nitrogen and oxygen atoms in total. The number of nitrogens with zero attached hydrogens (tertiary/aromatic N) is 3. The van der Waals surface area contributed by atoms with E-state index in [4.69, 9.17) is 9.47 Å². The number of nitrogens with one attached hydrogen (secondary N) is 2. The van der Waals surface area contributed by atoms with Crippen molar-refractivity contribution in [2.24, 2.45) is 0 Å². The largest absolute Gasteiger partial charge is 0.375 e. The molecule has 190 valence electrons. The number of thiazole rings is 1. The molecule has 1 aromatic heterocycles. The van der Waals surface area contributed by atoms with E-state index in [9.17, 15) is 14.9 Å². The molecule has 1 fully saturated rings. The zero-order valence-corrected chi connectivity index (χ0v) is 21.3. The lowest BCUT2D eigenvalue weighted by atomic mass is 9.79. The average molecular weight is 518 g/mol. The van der Waals surface area contributed by atoms with Crippen LogP contribution in [0.2, 0.25) is 0 Å². The van der Waals surface area contributed by atoms with Crippen molar-refractivity contribution in [3.05, 3.63) is 64.5 Å². The quantitative estimate of drug-likeness (QED) is 0.512. The van der Waals surface area contributed by atoms with Crippen LogP contribution in [0.15, 0.2) is 47.8 Å². The number of nitriles is 1. The molecular formula is C27H27N5O4S. The number of ether oxygens (including phenoxy) is 2. The molecule has 0 spiro atoms. The summed E-state index contributed by atoms with van der Waals surface area (Å²) in [5.41, 5.74) is 4.04. The van der Waals surface area contributed by atoms with Crippen molar-refractivity contribution in [3.8, 4) is 17.3 Å². The molecular weight excluding hydrogens is 490 g/mol. The minimum absolute atomic E-state index is 0.200. The van der Waals surface area contributed by atoms with Gasteiger partial charge in [0.2, 0.25) is 5.91 Å². The molecule has 0 bridgehead atoms. The standard InChI is InChI=1S/C27H27N5O4S/c1-27(15-28)16-36-13-20-7-6-19(11-22(20)27)25(34)29-12-24(33)31-26-30-23(14-37-26)18-4-2-5-21(10-18)32-8-3-9-35-17-32/h2,4-7,10-11,14H,3,8-9,12-13,16-17H2,1H3,(H,29,34)(H,30,31,33)/t27-/m1/s1. The van der Waals surface area contributed by atoms with Crippen LogP contribution in [-0.2, 0) is 26.3 Å². The van der Waals surface area contributed by atoms with Gasteiger partial charge in [-0.05, 0) is 48.7 Å². The number of amides is 2. The molecule has 2 aliphatic rings. The van der Waals surface area contributed by atoms with Gasteiger partial charge in [0.05, 0.1) is 38.1 Å². The number of hydrogen-bond acceptors (Lipinski definition) is 8. The lowest BCUT2D eigenvalue weighted by molar-refractivity contribution is -0.115. The van der Waals surface area contributed by atoms with Crippen molar-refractivity contribution in [2.45, 2.75) is 25.4 Å². The van der Waals surface area contributed by atoms with Crippen LogP contribution in [0.1, 0.15) is 34.8 Å². The fraction of sp³-hybridized carbons (Fsp3) is 0.333.